The fourth-order valence-electron chi connectivity index (χ4n) is 3.52. The number of hydrogen-bond acceptors (Lipinski definition) is 2. The Labute approximate surface area is 162 Å². The number of hydrogen-bond donors (Lipinski definition) is 0. The number of nitrogens with zero attached hydrogens (tertiary/aromatic N) is 1. The molecule has 1 aliphatic rings. The zero-order valence-corrected chi connectivity index (χ0v) is 16.0. The Morgan fingerprint density at radius 1 is 1.12 bits per heavy atom. The van der Waals surface area contributed by atoms with E-state index in [4.69, 9.17) is 39.5 Å². The number of fused-ring (bicyclic) bond motifs is 1. The van der Waals surface area contributed by atoms with Gasteiger partial charge in [-0.05, 0) is 41.7 Å². The van der Waals surface area contributed by atoms with Gasteiger partial charge in [-0.1, -0.05) is 65.1 Å². The van der Waals surface area contributed by atoms with Crippen LogP contribution in [0.4, 0.5) is 4.79 Å². The summed E-state index contributed by atoms with van der Waals surface area (Å²) in [5, 5.41) is 1.11. The maximum Gasteiger partial charge on any atom is 0.411 e. The van der Waals surface area contributed by atoms with Gasteiger partial charge in [0.1, 0.15) is 0 Å². The second-order valence-electron chi connectivity index (χ2n) is 6.08. The van der Waals surface area contributed by atoms with Gasteiger partial charge in [-0.2, -0.15) is 0 Å². The summed E-state index contributed by atoms with van der Waals surface area (Å²) < 4.78 is 4.93. The SMILES string of the molecule is CN(C(=O)OCCl)C1CCC(c2ccc(Cl)c(Cl)c2)c2ccccc21. The van der Waals surface area contributed by atoms with Gasteiger partial charge in [0.05, 0.1) is 16.1 Å². The smallest absolute Gasteiger partial charge is 0.411 e. The summed E-state index contributed by atoms with van der Waals surface area (Å²) in [5.41, 5.74) is 3.45. The molecule has 3 rings (SSSR count). The highest BCUT2D eigenvalue weighted by Crippen LogP contribution is 2.44. The van der Waals surface area contributed by atoms with Crippen molar-refractivity contribution in [2.45, 2.75) is 24.8 Å². The number of alkyl halides is 1. The van der Waals surface area contributed by atoms with Gasteiger partial charge in [0, 0.05) is 13.0 Å². The van der Waals surface area contributed by atoms with E-state index in [-0.39, 0.29) is 18.0 Å². The fraction of sp³-hybridized carbons (Fsp3) is 0.316. The van der Waals surface area contributed by atoms with Crippen LogP contribution in [0, 0.1) is 0 Å². The third-order valence-corrected chi connectivity index (χ3v) is 5.59. The van der Waals surface area contributed by atoms with Crippen molar-refractivity contribution in [2.75, 3.05) is 13.1 Å². The molecule has 6 heteroatoms. The summed E-state index contributed by atoms with van der Waals surface area (Å²) in [5.74, 6) is 0.222. The Bertz CT molecular complexity index is 781. The van der Waals surface area contributed by atoms with Crippen molar-refractivity contribution in [3.8, 4) is 0 Å². The third kappa shape index (κ3) is 3.74. The van der Waals surface area contributed by atoms with Crippen LogP contribution in [0.5, 0.6) is 0 Å². The van der Waals surface area contributed by atoms with Gasteiger partial charge in [-0.15, -0.1) is 0 Å². The van der Waals surface area contributed by atoms with Crippen LogP contribution in [0.2, 0.25) is 10.0 Å². The van der Waals surface area contributed by atoms with Crippen molar-refractivity contribution in [3.63, 3.8) is 0 Å². The first-order valence-electron chi connectivity index (χ1n) is 8.02. The zero-order chi connectivity index (χ0) is 18.0. The summed E-state index contributed by atoms with van der Waals surface area (Å²) in [7, 11) is 1.75. The van der Waals surface area contributed by atoms with E-state index in [0.717, 1.165) is 24.0 Å². The highest BCUT2D eigenvalue weighted by atomic mass is 35.5. The second kappa shape index (κ2) is 7.86. The first kappa shape index (κ1) is 18.4. The third-order valence-electron chi connectivity index (χ3n) is 4.74. The first-order valence-corrected chi connectivity index (χ1v) is 9.31. The molecule has 2 unspecified atom stereocenters. The Kier molecular flexibility index (Phi) is 5.78. The highest BCUT2D eigenvalue weighted by Gasteiger charge is 2.32. The van der Waals surface area contributed by atoms with Gasteiger partial charge in [-0.3, -0.25) is 0 Å². The Hall–Kier alpha value is -1.42. The lowest BCUT2D eigenvalue weighted by Gasteiger charge is -2.36. The van der Waals surface area contributed by atoms with Crippen molar-refractivity contribution >= 4 is 40.9 Å². The maximum atomic E-state index is 12.1. The molecule has 2 aromatic rings. The van der Waals surface area contributed by atoms with Crippen molar-refractivity contribution in [1.82, 2.24) is 4.90 Å². The van der Waals surface area contributed by atoms with E-state index in [9.17, 15) is 4.79 Å². The van der Waals surface area contributed by atoms with Gasteiger partial charge in [0.2, 0.25) is 0 Å². The number of ether oxygens (including phenoxy) is 1. The fourth-order valence-corrected chi connectivity index (χ4v) is 3.92. The number of amides is 1. The van der Waals surface area contributed by atoms with Gasteiger partial charge in [0.25, 0.3) is 0 Å². The van der Waals surface area contributed by atoms with Gasteiger partial charge in [0.15, 0.2) is 6.07 Å². The zero-order valence-electron chi connectivity index (χ0n) is 13.7. The topological polar surface area (TPSA) is 29.5 Å². The minimum absolute atomic E-state index is 0.0362. The summed E-state index contributed by atoms with van der Waals surface area (Å²) >= 11 is 17.8. The molecule has 0 saturated carbocycles. The molecule has 3 nitrogen and oxygen atoms in total. The molecule has 0 bridgehead atoms. The lowest BCUT2D eigenvalue weighted by atomic mass is 9.76. The molecule has 2 aromatic carbocycles. The summed E-state index contributed by atoms with van der Waals surface area (Å²) in [4.78, 5) is 13.7. The van der Waals surface area contributed by atoms with E-state index in [0.29, 0.717) is 10.0 Å². The lowest BCUT2D eigenvalue weighted by molar-refractivity contribution is 0.107. The van der Waals surface area contributed by atoms with Crippen molar-refractivity contribution in [1.29, 1.82) is 0 Å². The summed E-state index contributed by atoms with van der Waals surface area (Å²) in [6.07, 6.45) is 1.32. The summed E-state index contributed by atoms with van der Waals surface area (Å²) in [6.45, 7) is 0. The molecular formula is C19H18Cl3NO2. The van der Waals surface area contributed by atoms with Crippen molar-refractivity contribution in [3.05, 3.63) is 69.2 Å². The maximum absolute atomic E-state index is 12.1. The van der Waals surface area contributed by atoms with E-state index in [2.05, 4.69) is 12.1 Å². The molecule has 1 aliphatic carbocycles. The molecule has 0 radical (unpaired) electrons. The van der Waals surface area contributed by atoms with Crippen LogP contribution in [0.25, 0.3) is 0 Å². The Morgan fingerprint density at radius 3 is 2.52 bits per heavy atom. The average Bonchev–Trinajstić information content (AvgIpc) is 2.63. The van der Waals surface area contributed by atoms with Crippen LogP contribution in [-0.2, 0) is 4.74 Å². The number of halogens is 3. The highest BCUT2D eigenvalue weighted by molar-refractivity contribution is 6.42. The molecule has 0 saturated heterocycles. The van der Waals surface area contributed by atoms with Crippen LogP contribution in [0.1, 0.15) is 41.5 Å². The Balaban J connectivity index is 1.96. The van der Waals surface area contributed by atoms with E-state index in [1.54, 1.807) is 11.9 Å². The molecule has 0 spiro atoms. The molecule has 0 aromatic heterocycles. The predicted molar refractivity (Wildman–Crippen MR) is 102 cm³/mol. The van der Waals surface area contributed by atoms with Gasteiger partial charge < -0.3 is 9.64 Å². The molecule has 25 heavy (non-hydrogen) atoms. The minimum atomic E-state index is -0.414. The number of benzene rings is 2. The van der Waals surface area contributed by atoms with E-state index in [1.165, 1.54) is 5.56 Å². The number of carbonyl (C=O) groups excluding carboxylic acids is 1. The predicted octanol–water partition coefficient (Wildman–Crippen LogP) is 6.22. The average molecular weight is 399 g/mol. The molecule has 1 amide bonds. The van der Waals surface area contributed by atoms with Crippen LogP contribution < -0.4 is 0 Å². The van der Waals surface area contributed by atoms with E-state index >= 15 is 0 Å². The largest absolute Gasteiger partial charge is 0.433 e. The van der Waals surface area contributed by atoms with Crippen LogP contribution in [0.3, 0.4) is 0 Å². The van der Waals surface area contributed by atoms with E-state index < -0.39 is 6.09 Å². The van der Waals surface area contributed by atoms with Crippen molar-refractivity contribution in [2.24, 2.45) is 0 Å². The monoisotopic (exact) mass is 397 g/mol. The summed E-state index contributed by atoms with van der Waals surface area (Å²) in [6, 6.07) is 13.8. The van der Waals surface area contributed by atoms with Crippen LogP contribution in [-0.4, -0.2) is 24.1 Å². The van der Waals surface area contributed by atoms with Gasteiger partial charge >= 0.3 is 6.09 Å². The number of rotatable bonds is 3. The molecular weight excluding hydrogens is 381 g/mol. The van der Waals surface area contributed by atoms with Crippen LogP contribution >= 0.6 is 34.8 Å². The lowest BCUT2D eigenvalue weighted by Crippen LogP contribution is -2.34. The molecule has 0 N–H and O–H groups in total. The number of carbonyl (C=O) groups is 1. The molecule has 0 aliphatic heterocycles. The quantitative estimate of drug-likeness (QED) is 0.574. The minimum Gasteiger partial charge on any atom is -0.433 e. The second-order valence-corrected chi connectivity index (χ2v) is 7.11. The van der Waals surface area contributed by atoms with Crippen molar-refractivity contribution < 1.29 is 9.53 Å². The Morgan fingerprint density at radius 2 is 1.84 bits per heavy atom. The molecule has 0 heterocycles. The van der Waals surface area contributed by atoms with E-state index in [1.807, 2.05) is 30.3 Å². The molecule has 2 atom stereocenters. The van der Waals surface area contributed by atoms with Crippen LogP contribution in [0.15, 0.2) is 42.5 Å². The standard InChI is InChI=1S/C19H18Cl3NO2/c1-23(19(24)25-11-20)18-9-7-13(14-4-2-3-5-15(14)18)12-6-8-16(21)17(22)10-12/h2-6,8,10,13,18H,7,9,11H2,1H3. The molecule has 132 valence electrons. The molecule has 0 fully saturated rings. The first-order chi connectivity index (χ1) is 12.0. The van der Waals surface area contributed by atoms with Gasteiger partial charge in [-0.25, -0.2) is 4.79 Å². The normalized spacial score (nSPS) is 19.2.